The van der Waals surface area contributed by atoms with E-state index in [9.17, 15) is 4.79 Å². The van der Waals surface area contributed by atoms with Gasteiger partial charge in [-0.3, -0.25) is 4.79 Å². The van der Waals surface area contributed by atoms with Gasteiger partial charge in [-0.1, -0.05) is 14.9 Å². The summed E-state index contributed by atoms with van der Waals surface area (Å²) in [4.78, 5) is 10.1. The zero-order valence-corrected chi connectivity index (χ0v) is 7.87. The molecular formula is C7H18NOW-. The summed E-state index contributed by atoms with van der Waals surface area (Å²) in [5.74, 6) is 0.156. The molecule has 1 N–H and O–H groups in total. The summed E-state index contributed by atoms with van der Waals surface area (Å²) < 4.78 is 0. The monoisotopic (exact) mass is 316 g/mol. The summed E-state index contributed by atoms with van der Waals surface area (Å²) in [6.07, 6.45) is 0. The van der Waals surface area contributed by atoms with Gasteiger partial charge >= 0.3 is 0 Å². The molecule has 0 aromatic carbocycles. The maximum atomic E-state index is 10.1. The van der Waals surface area contributed by atoms with Crippen molar-refractivity contribution < 1.29 is 25.9 Å². The van der Waals surface area contributed by atoms with Crippen LogP contribution in [0.3, 0.4) is 0 Å². The molecule has 0 spiro atoms. The Bertz CT molecular complexity index is 66.6. The van der Waals surface area contributed by atoms with E-state index < -0.39 is 0 Å². The van der Waals surface area contributed by atoms with E-state index in [2.05, 4.69) is 12.2 Å². The normalized spacial score (nSPS) is 6.20. The Balaban J connectivity index is -0.0000000600. The van der Waals surface area contributed by atoms with E-state index in [1.807, 2.05) is 0 Å². The molecule has 0 atom stereocenters. The van der Waals surface area contributed by atoms with Gasteiger partial charge in [-0.2, -0.15) is 0 Å². The molecule has 0 rings (SSSR count). The van der Waals surface area contributed by atoms with Crippen LogP contribution in [-0.4, -0.2) is 18.9 Å². The third-order valence-electron chi connectivity index (χ3n) is 0.551. The van der Waals surface area contributed by atoms with Crippen molar-refractivity contribution in [2.24, 2.45) is 0 Å². The molecule has 0 saturated heterocycles. The Morgan fingerprint density at radius 2 is 1.90 bits per heavy atom. The number of carbonyl (C=O) groups is 1. The number of hydrogen-bond donors (Lipinski definition) is 1. The van der Waals surface area contributed by atoms with Crippen LogP contribution in [0.5, 0.6) is 0 Å². The number of Topliss-reactive ketones (excluding diaryl/α,β-unsaturated/α-hetero) is 1. The van der Waals surface area contributed by atoms with Gasteiger partial charge in [0.25, 0.3) is 0 Å². The predicted molar refractivity (Wildman–Crippen MR) is 42.4 cm³/mol. The third-order valence-corrected chi connectivity index (χ3v) is 0.551. The fraction of sp³-hybridized carbons (Fsp3) is 0.714. The third kappa shape index (κ3) is 23.9. The number of rotatable bonds is 3. The second kappa shape index (κ2) is 16.2. The Labute approximate surface area is 79.0 Å². The average Bonchev–Trinajstić information content (AvgIpc) is 1.61. The first kappa shape index (κ1) is 22.4. The first-order valence-electron chi connectivity index (χ1n) is 2.26. The Morgan fingerprint density at radius 1 is 1.50 bits per heavy atom. The van der Waals surface area contributed by atoms with Crippen LogP contribution in [0, 0.1) is 6.92 Å². The van der Waals surface area contributed by atoms with E-state index in [0.29, 0.717) is 13.1 Å². The molecule has 0 aliphatic heterocycles. The molecule has 0 aromatic heterocycles. The molecule has 0 bridgehead atoms. The van der Waals surface area contributed by atoms with E-state index in [0.717, 1.165) is 0 Å². The van der Waals surface area contributed by atoms with Gasteiger partial charge in [0.05, 0.1) is 6.54 Å². The van der Waals surface area contributed by atoms with Crippen molar-refractivity contribution in [3.63, 3.8) is 0 Å². The zero-order chi connectivity index (χ0) is 5.70. The van der Waals surface area contributed by atoms with Crippen LogP contribution in [0.25, 0.3) is 0 Å². The minimum absolute atomic E-state index is 0. The van der Waals surface area contributed by atoms with Crippen molar-refractivity contribution in [1.82, 2.24) is 5.32 Å². The van der Waals surface area contributed by atoms with Crippen LogP contribution in [0.15, 0.2) is 0 Å². The Morgan fingerprint density at radius 3 is 2.00 bits per heavy atom. The molecule has 0 aliphatic carbocycles. The van der Waals surface area contributed by atoms with Gasteiger partial charge in [-0.15, -0.1) is 6.54 Å². The first-order valence-corrected chi connectivity index (χ1v) is 2.26. The van der Waals surface area contributed by atoms with E-state index in [4.69, 9.17) is 0 Å². The van der Waals surface area contributed by atoms with Crippen LogP contribution < -0.4 is 5.32 Å². The second-order valence-electron chi connectivity index (χ2n) is 1.38. The van der Waals surface area contributed by atoms with Crippen molar-refractivity contribution >= 4 is 5.78 Å². The number of carbonyl (C=O) groups excluding carboxylic acids is 1. The van der Waals surface area contributed by atoms with Gasteiger partial charge in [0.2, 0.25) is 0 Å². The Kier molecular flexibility index (Phi) is 36.2. The first-order chi connectivity index (χ1) is 3.27. The summed E-state index contributed by atoms with van der Waals surface area (Å²) in [6.45, 7) is 6.11. The van der Waals surface area contributed by atoms with E-state index >= 15 is 0 Å². The van der Waals surface area contributed by atoms with Crippen LogP contribution >= 0.6 is 0 Å². The van der Waals surface area contributed by atoms with Crippen LogP contribution in [0.4, 0.5) is 0 Å². The molecule has 0 heterocycles. The van der Waals surface area contributed by atoms with Crippen LogP contribution in [-0.2, 0) is 25.9 Å². The minimum atomic E-state index is 0. The molecule has 0 aliphatic rings. The largest absolute Gasteiger partial charge is 0.340 e. The van der Waals surface area contributed by atoms with Crippen molar-refractivity contribution in [3.8, 4) is 0 Å². The Hall–Kier alpha value is 0.318. The molecule has 0 fully saturated rings. The van der Waals surface area contributed by atoms with Crippen molar-refractivity contribution in [2.75, 3.05) is 13.1 Å². The fourth-order valence-corrected chi connectivity index (χ4v) is 0.264. The van der Waals surface area contributed by atoms with Gasteiger partial charge in [0.15, 0.2) is 0 Å². The summed E-state index contributed by atoms with van der Waals surface area (Å²) in [6, 6.07) is 0. The van der Waals surface area contributed by atoms with Crippen molar-refractivity contribution in [1.29, 1.82) is 0 Å². The molecule has 2 nitrogen and oxygen atoms in total. The maximum Gasteiger partial charge on any atom is 0.143 e. The molecule has 0 amide bonds. The summed E-state index contributed by atoms with van der Waals surface area (Å²) in [5, 5.41) is 2.79. The number of nitrogens with one attached hydrogen (secondary N) is 1. The van der Waals surface area contributed by atoms with E-state index in [-0.39, 0.29) is 41.7 Å². The average molecular weight is 316 g/mol. The molecule has 0 unspecified atom stereocenters. The van der Waals surface area contributed by atoms with E-state index in [1.165, 1.54) is 0 Å². The molecule has 10 heavy (non-hydrogen) atoms. The zero-order valence-electron chi connectivity index (χ0n) is 4.94. The summed E-state index contributed by atoms with van der Waals surface area (Å²) in [5.41, 5.74) is 0. The van der Waals surface area contributed by atoms with Crippen molar-refractivity contribution in [2.45, 2.75) is 21.8 Å². The fourth-order valence-electron chi connectivity index (χ4n) is 0.264. The van der Waals surface area contributed by atoms with Gasteiger partial charge in [-0.25, -0.2) is 0 Å². The molecule has 0 radical (unpaired) electrons. The second-order valence-corrected chi connectivity index (χ2v) is 1.38. The van der Waals surface area contributed by atoms with Gasteiger partial charge in [-0.05, 0) is 6.92 Å². The molecule has 3 heteroatoms. The standard InChI is InChI=1S/C5H10NO.2CH4.W/c1-3-6-4-5(2)7;;;/h6H,1,3-4H2,2H3;2*1H4;/q-1;;;. The minimum Gasteiger partial charge on any atom is -0.340 e. The molecule has 0 aromatic rings. The van der Waals surface area contributed by atoms with E-state index in [1.54, 1.807) is 6.92 Å². The number of hydrogen-bond acceptors (Lipinski definition) is 2. The topological polar surface area (TPSA) is 29.1 Å². The number of ketones is 1. The predicted octanol–water partition coefficient (Wildman–Crippen LogP) is 1.27. The SMILES string of the molecule is C.C.[CH2-]CNCC(C)=O.[W]. The smallest absolute Gasteiger partial charge is 0.143 e. The summed E-state index contributed by atoms with van der Waals surface area (Å²) in [7, 11) is 0. The summed E-state index contributed by atoms with van der Waals surface area (Å²) >= 11 is 0. The van der Waals surface area contributed by atoms with Gasteiger partial charge in [0, 0.05) is 21.1 Å². The molecule has 64 valence electrons. The molecule has 0 saturated carbocycles. The van der Waals surface area contributed by atoms with Crippen LogP contribution in [0.2, 0.25) is 0 Å². The quantitative estimate of drug-likeness (QED) is 0.795. The molecular weight excluding hydrogens is 298 g/mol. The van der Waals surface area contributed by atoms with Crippen LogP contribution in [0.1, 0.15) is 21.8 Å². The van der Waals surface area contributed by atoms with Gasteiger partial charge < -0.3 is 12.2 Å². The maximum absolute atomic E-state index is 10.1. The van der Waals surface area contributed by atoms with Crippen molar-refractivity contribution in [3.05, 3.63) is 6.92 Å². The van der Waals surface area contributed by atoms with Gasteiger partial charge in [0.1, 0.15) is 5.78 Å².